The highest BCUT2D eigenvalue weighted by Crippen LogP contribution is 2.59. The monoisotopic (exact) mass is 1110 g/mol. The molecule has 14 aromatic rings. The van der Waals surface area contributed by atoms with E-state index in [2.05, 4.69) is 276 Å². The molecule has 2 heterocycles. The van der Waals surface area contributed by atoms with Gasteiger partial charge in [-0.2, -0.15) is 0 Å². The highest BCUT2D eigenvalue weighted by molar-refractivity contribution is 7.69. The van der Waals surface area contributed by atoms with Crippen LogP contribution in [-0.4, -0.2) is 23.4 Å². The zero-order chi connectivity index (χ0) is 55.4. The third-order valence-electron chi connectivity index (χ3n) is 16.3. The summed E-state index contributed by atoms with van der Waals surface area (Å²) in [6, 6.07) is 105. The molecule has 6 nitrogen and oxygen atoms in total. The molecule has 0 saturated carbocycles. The number of para-hydroxylation sites is 2. The van der Waals surface area contributed by atoms with Gasteiger partial charge in [-0.3, -0.25) is 0 Å². The summed E-state index contributed by atoms with van der Waals surface area (Å²) >= 11 is 0. The molecule has 0 amide bonds. The molecule has 12 aromatic carbocycles. The van der Waals surface area contributed by atoms with Gasteiger partial charge in [-0.25, -0.2) is 0 Å². The number of benzene rings is 12. The molecule has 0 saturated heterocycles. The standard InChI is InChI=1S/C75H54N2O4P2/c1-78-55-37-33-53(34-38-55)76-71-29-17-15-27-65(71)67-47-51(31-45-73(67)76)75(52-32-46-74-68(48-52)66-28-16-18-30-72(66)77(74)54-35-39-56(79-2)40-36-54)69-49-57(80-82(59-19-7-3-8-20-59)60-21-9-4-10-22-60)41-43-63(69)64-44-42-58(50-70(64)75)81-83(61-23-11-5-12-24-61)62-25-13-6-14-26-62/h3-50H,1-2H3. The van der Waals surface area contributed by atoms with E-state index in [0.29, 0.717) is 0 Å². The van der Waals surface area contributed by atoms with Crippen molar-refractivity contribution < 1.29 is 18.5 Å². The quantitative estimate of drug-likeness (QED) is 0.102. The van der Waals surface area contributed by atoms with Crippen LogP contribution < -0.4 is 39.7 Å². The van der Waals surface area contributed by atoms with E-state index in [1.54, 1.807) is 14.2 Å². The summed E-state index contributed by atoms with van der Waals surface area (Å²) in [6.07, 6.45) is 0. The molecule has 0 spiro atoms. The van der Waals surface area contributed by atoms with Crippen molar-refractivity contribution in [3.8, 4) is 45.5 Å². The fraction of sp³-hybridized carbons (Fsp3) is 0.0400. The molecule has 0 unspecified atom stereocenters. The zero-order valence-corrected chi connectivity index (χ0v) is 47.4. The molecule has 8 heteroatoms. The van der Waals surface area contributed by atoms with Crippen LogP contribution in [0, 0.1) is 0 Å². The van der Waals surface area contributed by atoms with E-state index in [4.69, 9.17) is 18.5 Å². The van der Waals surface area contributed by atoms with Gasteiger partial charge in [0, 0.05) is 54.1 Å². The Morgan fingerprint density at radius 3 is 0.976 bits per heavy atom. The number of hydrogen-bond acceptors (Lipinski definition) is 4. The number of methoxy groups -OCH3 is 2. The maximum absolute atomic E-state index is 7.46. The Morgan fingerprint density at radius 2 is 0.614 bits per heavy atom. The van der Waals surface area contributed by atoms with E-state index in [0.717, 1.165) is 133 Å². The molecule has 1 aliphatic carbocycles. The fourth-order valence-electron chi connectivity index (χ4n) is 12.6. The molecule has 0 fully saturated rings. The molecule has 0 N–H and O–H groups in total. The first kappa shape index (κ1) is 50.3. The Hall–Kier alpha value is -9.70. The van der Waals surface area contributed by atoms with Crippen molar-refractivity contribution in [2.45, 2.75) is 5.41 Å². The molecular formula is C75H54N2O4P2. The Kier molecular flexibility index (Phi) is 12.7. The van der Waals surface area contributed by atoms with Gasteiger partial charge in [-0.15, -0.1) is 0 Å². The first-order chi connectivity index (χ1) is 41.0. The molecule has 0 bridgehead atoms. The van der Waals surface area contributed by atoms with Gasteiger partial charge in [0.05, 0.1) is 41.7 Å². The lowest BCUT2D eigenvalue weighted by Gasteiger charge is -2.35. The average molecular weight is 1110 g/mol. The van der Waals surface area contributed by atoms with Crippen LogP contribution in [-0.2, 0) is 5.41 Å². The minimum atomic E-state index is -1.26. The lowest BCUT2D eigenvalue weighted by molar-refractivity contribution is 0.414. The number of aromatic nitrogens is 2. The van der Waals surface area contributed by atoms with E-state index in [-0.39, 0.29) is 0 Å². The second kappa shape index (κ2) is 21.0. The lowest BCUT2D eigenvalue weighted by atomic mass is 9.67. The molecule has 398 valence electrons. The number of rotatable bonds is 14. The van der Waals surface area contributed by atoms with Crippen LogP contribution in [0.2, 0.25) is 0 Å². The van der Waals surface area contributed by atoms with Crippen molar-refractivity contribution in [3.05, 3.63) is 313 Å². The van der Waals surface area contributed by atoms with E-state index in [9.17, 15) is 0 Å². The number of nitrogens with zero attached hydrogens (tertiary/aromatic N) is 2. The summed E-state index contributed by atoms with van der Waals surface area (Å²) in [5.41, 5.74) is 12.4. The average Bonchev–Trinajstić information content (AvgIpc) is 4.19. The first-order valence-corrected chi connectivity index (χ1v) is 30.4. The second-order valence-corrected chi connectivity index (χ2v) is 24.5. The SMILES string of the molecule is COc1ccc(-n2c3ccccc3c3cc(C4(c5ccc6c(c5)c5ccccc5n6-c5ccc(OC)cc5)c5cc(OP(c6ccccc6)c6ccccc6)ccc5-c5ccc(OP(c6ccccc6)c6ccccc6)cc54)ccc32)cc1. The Bertz CT molecular complexity index is 4320. The van der Waals surface area contributed by atoms with Crippen molar-refractivity contribution in [2.75, 3.05) is 14.2 Å². The van der Waals surface area contributed by atoms with Crippen LogP contribution in [0.1, 0.15) is 22.3 Å². The molecular weight excluding hydrogens is 1050 g/mol. The largest absolute Gasteiger partial charge is 0.497 e. The van der Waals surface area contributed by atoms with E-state index in [1.165, 1.54) is 0 Å². The topological polar surface area (TPSA) is 46.8 Å². The molecule has 1 aliphatic rings. The Balaban J connectivity index is 1.03. The highest BCUT2D eigenvalue weighted by Gasteiger charge is 2.48. The minimum absolute atomic E-state index is 0.794. The van der Waals surface area contributed by atoms with Crippen LogP contribution >= 0.6 is 16.3 Å². The lowest BCUT2D eigenvalue weighted by Crippen LogP contribution is -2.29. The van der Waals surface area contributed by atoms with Gasteiger partial charge in [-0.05, 0) is 143 Å². The van der Waals surface area contributed by atoms with Gasteiger partial charge in [0.15, 0.2) is 16.3 Å². The third kappa shape index (κ3) is 8.56. The van der Waals surface area contributed by atoms with E-state index in [1.807, 2.05) is 24.3 Å². The molecule has 83 heavy (non-hydrogen) atoms. The maximum atomic E-state index is 7.46. The van der Waals surface area contributed by atoms with E-state index >= 15 is 0 Å². The van der Waals surface area contributed by atoms with Crippen LogP contribution in [0.15, 0.2) is 291 Å². The van der Waals surface area contributed by atoms with Crippen LogP contribution in [0.25, 0.3) is 66.1 Å². The second-order valence-electron chi connectivity index (χ2n) is 20.8. The normalized spacial score (nSPS) is 12.5. The fourth-order valence-corrected chi connectivity index (χ4v) is 16.0. The molecule has 0 aliphatic heterocycles. The van der Waals surface area contributed by atoms with Gasteiger partial charge in [0.2, 0.25) is 0 Å². The number of fused-ring (bicyclic) bond motifs is 9. The molecule has 0 atom stereocenters. The van der Waals surface area contributed by atoms with Crippen LogP contribution in [0.3, 0.4) is 0 Å². The van der Waals surface area contributed by atoms with Crippen LogP contribution in [0.4, 0.5) is 0 Å². The van der Waals surface area contributed by atoms with Crippen molar-refractivity contribution in [2.24, 2.45) is 0 Å². The smallest absolute Gasteiger partial charge is 0.150 e. The summed E-state index contributed by atoms with van der Waals surface area (Å²) in [7, 11) is 0.900. The summed E-state index contributed by atoms with van der Waals surface area (Å²) in [5, 5.41) is 9.16. The van der Waals surface area contributed by atoms with Crippen molar-refractivity contribution >= 4 is 81.1 Å². The minimum Gasteiger partial charge on any atom is -0.497 e. The van der Waals surface area contributed by atoms with Gasteiger partial charge in [0.25, 0.3) is 0 Å². The summed E-state index contributed by atoms with van der Waals surface area (Å²) in [6.45, 7) is 0. The van der Waals surface area contributed by atoms with Gasteiger partial charge >= 0.3 is 0 Å². The zero-order valence-electron chi connectivity index (χ0n) is 45.6. The summed E-state index contributed by atoms with van der Waals surface area (Å²) < 4.78 is 31.0. The van der Waals surface area contributed by atoms with Crippen molar-refractivity contribution in [1.29, 1.82) is 0 Å². The van der Waals surface area contributed by atoms with Crippen LogP contribution in [0.5, 0.6) is 23.0 Å². The van der Waals surface area contributed by atoms with Crippen molar-refractivity contribution in [1.82, 2.24) is 9.13 Å². The number of ether oxygens (including phenoxy) is 2. The first-order valence-electron chi connectivity index (χ1n) is 27.9. The predicted molar refractivity (Wildman–Crippen MR) is 345 cm³/mol. The van der Waals surface area contributed by atoms with Crippen molar-refractivity contribution in [3.63, 3.8) is 0 Å². The Morgan fingerprint density at radius 1 is 0.289 bits per heavy atom. The van der Waals surface area contributed by atoms with Gasteiger partial charge in [-0.1, -0.05) is 182 Å². The summed E-state index contributed by atoms with van der Waals surface area (Å²) in [4.78, 5) is 0. The molecule has 15 rings (SSSR count). The Labute approximate surface area is 484 Å². The van der Waals surface area contributed by atoms with E-state index < -0.39 is 21.7 Å². The highest BCUT2D eigenvalue weighted by atomic mass is 31.1. The van der Waals surface area contributed by atoms with Gasteiger partial charge in [0.1, 0.15) is 23.0 Å². The molecule has 0 radical (unpaired) electrons. The third-order valence-corrected chi connectivity index (χ3v) is 20.2. The van der Waals surface area contributed by atoms with Gasteiger partial charge < -0.3 is 27.7 Å². The molecule has 2 aromatic heterocycles. The summed E-state index contributed by atoms with van der Waals surface area (Å²) in [5.74, 6) is 3.21. The maximum Gasteiger partial charge on any atom is 0.150 e. The number of hydrogen-bond donors (Lipinski definition) is 0. The predicted octanol–water partition coefficient (Wildman–Crippen LogP) is 17.1.